The summed E-state index contributed by atoms with van der Waals surface area (Å²) in [6.45, 7) is 8.51. The number of rotatable bonds is 6. The lowest BCUT2D eigenvalue weighted by molar-refractivity contribution is 0.0378. The molecule has 7 nitrogen and oxygen atoms in total. The van der Waals surface area contributed by atoms with Crippen LogP contribution in [0.2, 0.25) is 0 Å². The molecule has 0 radical (unpaired) electrons. The van der Waals surface area contributed by atoms with Crippen LogP contribution in [0.1, 0.15) is 63.8 Å². The van der Waals surface area contributed by atoms with Crippen molar-refractivity contribution in [2.24, 2.45) is 0 Å². The van der Waals surface area contributed by atoms with Crippen LogP contribution in [0.3, 0.4) is 0 Å². The van der Waals surface area contributed by atoms with Gasteiger partial charge in [0.25, 0.3) is 5.91 Å². The van der Waals surface area contributed by atoms with Gasteiger partial charge in [-0.15, -0.1) is 11.3 Å². The molecule has 0 saturated heterocycles. The van der Waals surface area contributed by atoms with Crippen molar-refractivity contribution in [1.82, 2.24) is 0 Å². The third kappa shape index (κ3) is 4.51. The number of hydrogen-bond acceptors (Lipinski definition) is 7. The fraction of sp³-hybridized carbons (Fsp3) is 0.389. The highest BCUT2D eigenvalue weighted by atomic mass is 32.1. The Morgan fingerprint density at radius 1 is 1.08 bits per heavy atom. The van der Waals surface area contributed by atoms with Gasteiger partial charge >= 0.3 is 11.9 Å². The van der Waals surface area contributed by atoms with E-state index in [4.69, 9.17) is 13.9 Å². The van der Waals surface area contributed by atoms with E-state index in [2.05, 4.69) is 5.32 Å². The van der Waals surface area contributed by atoms with Gasteiger partial charge in [0.2, 0.25) is 0 Å². The number of ether oxygens (including phenoxy) is 2. The van der Waals surface area contributed by atoms with E-state index >= 15 is 0 Å². The lowest BCUT2D eigenvalue weighted by atomic mass is 10.1. The Morgan fingerprint density at radius 3 is 2.23 bits per heavy atom. The Morgan fingerprint density at radius 2 is 1.69 bits per heavy atom. The van der Waals surface area contributed by atoms with E-state index in [1.54, 1.807) is 40.7 Å². The Hall–Kier alpha value is -2.61. The van der Waals surface area contributed by atoms with E-state index in [1.165, 1.54) is 12.3 Å². The molecule has 2 aromatic heterocycles. The van der Waals surface area contributed by atoms with Gasteiger partial charge in [-0.1, -0.05) is 0 Å². The lowest BCUT2D eigenvalue weighted by Gasteiger charge is -2.10. The zero-order chi connectivity index (χ0) is 19.4. The van der Waals surface area contributed by atoms with Crippen molar-refractivity contribution in [3.8, 4) is 0 Å². The molecule has 140 valence electrons. The average Bonchev–Trinajstić information content (AvgIpc) is 3.14. The topological polar surface area (TPSA) is 94.8 Å². The monoisotopic (exact) mass is 379 g/mol. The minimum atomic E-state index is -0.618. The van der Waals surface area contributed by atoms with Crippen LogP contribution >= 0.6 is 11.3 Å². The summed E-state index contributed by atoms with van der Waals surface area (Å²) in [6, 6.07) is 3.07. The van der Waals surface area contributed by atoms with Gasteiger partial charge in [-0.05, 0) is 52.3 Å². The summed E-state index contributed by atoms with van der Waals surface area (Å²) >= 11 is 0.968. The number of amides is 1. The largest absolute Gasteiger partial charge is 0.459 e. The van der Waals surface area contributed by atoms with Gasteiger partial charge in [0.1, 0.15) is 9.88 Å². The van der Waals surface area contributed by atoms with Crippen molar-refractivity contribution in [3.63, 3.8) is 0 Å². The maximum atomic E-state index is 12.5. The van der Waals surface area contributed by atoms with Crippen molar-refractivity contribution in [2.75, 3.05) is 5.32 Å². The fourth-order valence-corrected chi connectivity index (χ4v) is 3.23. The van der Waals surface area contributed by atoms with E-state index in [0.717, 1.165) is 11.3 Å². The number of carbonyl (C=O) groups excluding carboxylic acids is 3. The highest BCUT2D eigenvalue weighted by Crippen LogP contribution is 2.35. The highest BCUT2D eigenvalue weighted by molar-refractivity contribution is 7.18. The predicted molar refractivity (Wildman–Crippen MR) is 96.8 cm³/mol. The van der Waals surface area contributed by atoms with Crippen LogP contribution in [0.4, 0.5) is 5.00 Å². The molecule has 2 aromatic rings. The van der Waals surface area contributed by atoms with Crippen molar-refractivity contribution in [2.45, 2.75) is 46.8 Å². The molecular formula is C18H21NO6S. The quantitative estimate of drug-likeness (QED) is 0.762. The normalized spacial score (nSPS) is 10.9. The smallest absolute Gasteiger partial charge is 0.348 e. The SMILES string of the molecule is Cc1c(C(=O)OC(C)C)sc(NC(=O)c2ccco2)c1C(=O)OC(C)C. The van der Waals surface area contributed by atoms with Crippen LogP contribution in [0.25, 0.3) is 0 Å². The predicted octanol–water partition coefficient (Wildman–Crippen LogP) is 4.03. The van der Waals surface area contributed by atoms with Crippen LogP contribution in [-0.2, 0) is 9.47 Å². The molecular weight excluding hydrogens is 358 g/mol. The Balaban J connectivity index is 2.41. The van der Waals surface area contributed by atoms with Gasteiger partial charge in [-0.2, -0.15) is 0 Å². The number of thiophene rings is 1. The van der Waals surface area contributed by atoms with Crippen LogP contribution in [0, 0.1) is 6.92 Å². The van der Waals surface area contributed by atoms with Crippen LogP contribution < -0.4 is 5.32 Å². The van der Waals surface area contributed by atoms with Crippen molar-refractivity contribution >= 4 is 34.2 Å². The Kier molecular flexibility index (Phi) is 6.20. The lowest BCUT2D eigenvalue weighted by Crippen LogP contribution is -2.17. The summed E-state index contributed by atoms with van der Waals surface area (Å²) in [5.41, 5.74) is 0.542. The summed E-state index contributed by atoms with van der Waals surface area (Å²) < 4.78 is 15.5. The molecule has 1 amide bonds. The fourth-order valence-electron chi connectivity index (χ4n) is 2.16. The van der Waals surface area contributed by atoms with Gasteiger partial charge in [0.15, 0.2) is 5.76 Å². The van der Waals surface area contributed by atoms with Gasteiger partial charge < -0.3 is 19.2 Å². The number of hydrogen-bond donors (Lipinski definition) is 1. The molecule has 0 atom stereocenters. The van der Waals surface area contributed by atoms with Gasteiger partial charge in [0.05, 0.1) is 24.0 Å². The first-order valence-electron chi connectivity index (χ1n) is 8.10. The Labute approximate surface area is 155 Å². The summed E-state index contributed by atoms with van der Waals surface area (Å²) in [6.07, 6.45) is 0.714. The molecule has 0 aliphatic heterocycles. The first-order valence-corrected chi connectivity index (χ1v) is 8.92. The van der Waals surface area contributed by atoms with Crippen molar-refractivity contribution in [3.05, 3.63) is 40.2 Å². The molecule has 0 spiro atoms. The second-order valence-corrected chi connectivity index (χ2v) is 7.12. The molecule has 0 fully saturated rings. The second kappa shape index (κ2) is 8.18. The number of anilines is 1. The molecule has 1 N–H and O–H groups in total. The van der Waals surface area contributed by atoms with Crippen LogP contribution in [-0.4, -0.2) is 30.1 Å². The highest BCUT2D eigenvalue weighted by Gasteiger charge is 2.28. The molecule has 8 heteroatoms. The van der Waals surface area contributed by atoms with Crippen molar-refractivity contribution < 1.29 is 28.3 Å². The molecule has 0 saturated carbocycles. The molecule has 0 bridgehead atoms. The van der Waals surface area contributed by atoms with E-state index in [1.807, 2.05) is 0 Å². The molecule has 0 aromatic carbocycles. The summed E-state index contributed by atoms with van der Waals surface area (Å²) in [5.74, 6) is -1.61. The second-order valence-electron chi connectivity index (χ2n) is 6.10. The van der Waals surface area contributed by atoms with Gasteiger partial charge in [-0.25, -0.2) is 9.59 Å². The van der Waals surface area contributed by atoms with Gasteiger partial charge in [-0.3, -0.25) is 4.79 Å². The zero-order valence-electron chi connectivity index (χ0n) is 15.2. The molecule has 0 unspecified atom stereocenters. The average molecular weight is 379 g/mol. The Bertz CT molecular complexity index is 804. The zero-order valence-corrected chi connectivity index (χ0v) is 16.1. The van der Waals surface area contributed by atoms with Gasteiger partial charge in [0, 0.05) is 0 Å². The molecule has 2 rings (SSSR count). The maximum Gasteiger partial charge on any atom is 0.348 e. The minimum absolute atomic E-state index is 0.0885. The van der Waals surface area contributed by atoms with Crippen LogP contribution in [0.5, 0.6) is 0 Å². The maximum absolute atomic E-state index is 12.5. The molecule has 0 aliphatic carbocycles. The standard InChI is InChI=1S/C18H21NO6S/c1-9(2)24-17(21)13-11(5)14(18(22)25-10(3)4)26-16(13)19-15(20)12-7-6-8-23-12/h6-10H,1-5H3,(H,19,20). The number of carbonyl (C=O) groups is 3. The van der Waals surface area contributed by atoms with E-state index in [0.29, 0.717) is 5.56 Å². The number of nitrogens with one attached hydrogen (secondary N) is 1. The third-order valence-corrected chi connectivity index (χ3v) is 4.38. The first-order chi connectivity index (χ1) is 12.2. The first kappa shape index (κ1) is 19.7. The van der Waals surface area contributed by atoms with E-state index in [-0.39, 0.29) is 33.4 Å². The number of esters is 2. The third-order valence-electron chi connectivity index (χ3n) is 3.19. The van der Waals surface area contributed by atoms with E-state index in [9.17, 15) is 14.4 Å². The minimum Gasteiger partial charge on any atom is -0.459 e. The van der Waals surface area contributed by atoms with Crippen LogP contribution in [0.15, 0.2) is 22.8 Å². The molecule has 26 heavy (non-hydrogen) atoms. The molecule has 2 heterocycles. The van der Waals surface area contributed by atoms with E-state index < -0.39 is 17.8 Å². The summed E-state index contributed by atoms with van der Waals surface area (Å²) in [5, 5.41) is 2.83. The molecule has 0 aliphatic rings. The summed E-state index contributed by atoms with van der Waals surface area (Å²) in [4.78, 5) is 37.3. The number of furan rings is 1. The summed E-state index contributed by atoms with van der Waals surface area (Å²) in [7, 11) is 0. The van der Waals surface area contributed by atoms with Crippen molar-refractivity contribution in [1.29, 1.82) is 0 Å².